The molecule has 0 aliphatic carbocycles. The molecule has 0 aromatic heterocycles. The van der Waals surface area contributed by atoms with Crippen molar-refractivity contribution in [3.63, 3.8) is 0 Å². The molecule has 2 amide bonds. The lowest BCUT2D eigenvalue weighted by Crippen LogP contribution is -2.46. The second-order valence-corrected chi connectivity index (χ2v) is 4.21. The van der Waals surface area contributed by atoms with Gasteiger partial charge in [-0.2, -0.15) is 0 Å². The maximum atomic E-state index is 11.1. The Kier molecular flexibility index (Phi) is 4.85. The molecule has 9 heteroatoms. The van der Waals surface area contributed by atoms with Crippen molar-refractivity contribution in [2.75, 3.05) is 27.3 Å². The monoisotopic (exact) mass is 266 g/mol. The van der Waals surface area contributed by atoms with E-state index in [0.29, 0.717) is 0 Å². The Hall–Kier alpha value is -0.970. The standard InChI is InChI=1S/C9H18N2O7/c1-11(2)8(15)10-17-3-5-6(13)7(14)9(16,4-12)18-5/h5-7,12-14,16H,3-4H2,1-2H3,(H,10,15)/t5-,6-,7-,9?/m1/s1. The smallest absolute Gasteiger partial charge is 0.340 e. The van der Waals surface area contributed by atoms with E-state index in [1.54, 1.807) is 0 Å². The molecule has 0 aromatic carbocycles. The van der Waals surface area contributed by atoms with E-state index in [4.69, 9.17) is 14.7 Å². The Bertz CT molecular complexity index is 301. The average Bonchev–Trinajstić information content (AvgIpc) is 2.54. The number of urea groups is 1. The number of hydrogen-bond donors (Lipinski definition) is 5. The van der Waals surface area contributed by atoms with Crippen LogP contribution < -0.4 is 5.48 Å². The van der Waals surface area contributed by atoms with Crippen molar-refractivity contribution in [3.8, 4) is 0 Å². The van der Waals surface area contributed by atoms with Gasteiger partial charge >= 0.3 is 6.03 Å². The molecule has 9 nitrogen and oxygen atoms in total. The second-order valence-electron chi connectivity index (χ2n) is 4.21. The van der Waals surface area contributed by atoms with Crippen LogP contribution in [0.5, 0.6) is 0 Å². The van der Waals surface area contributed by atoms with Gasteiger partial charge in [-0.05, 0) is 0 Å². The van der Waals surface area contributed by atoms with E-state index >= 15 is 0 Å². The SMILES string of the molecule is CN(C)C(=O)NOC[C@H]1OC(O)(CO)[C@H](O)[C@@H]1O. The van der Waals surface area contributed by atoms with Gasteiger partial charge < -0.3 is 30.1 Å². The zero-order chi connectivity index (χ0) is 13.9. The normalized spacial score (nSPS) is 35.6. The summed E-state index contributed by atoms with van der Waals surface area (Å²) in [6, 6.07) is -0.513. The quantitative estimate of drug-likeness (QED) is 0.342. The van der Waals surface area contributed by atoms with Crippen molar-refractivity contribution in [2.24, 2.45) is 0 Å². The zero-order valence-electron chi connectivity index (χ0n) is 10.1. The Morgan fingerprint density at radius 3 is 2.56 bits per heavy atom. The first-order chi connectivity index (χ1) is 8.31. The van der Waals surface area contributed by atoms with Gasteiger partial charge in [0.1, 0.15) is 24.9 Å². The highest BCUT2D eigenvalue weighted by atomic mass is 16.7. The fraction of sp³-hybridized carbons (Fsp3) is 0.889. The predicted octanol–water partition coefficient (Wildman–Crippen LogP) is -3.01. The number of rotatable bonds is 4. The number of ether oxygens (including phenoxy) is 1. The van der Waals surface area contributed by atoms with E-state index < -0.39 is 36.7 Å². The minimum Gasteiger partial charge on any atom is -0.391 e. The van der Waals surface area contributed by atoms with E-state index in [-0.39, 0.29) is 6.61 Å². The molecule has 0 radical (unpaired) electrons. The van der Waals surface area contributed by atoms with Crippen LogP contribution in [-0.2, 0) is 9.57 Å². The third-order valence-corrected chi connectivity index (χ3v) is 2.56. The van der Waals surface area contributed by atoms with Crippen LogP contribution in [0.4, 0.5) is 4.79 Å². The molecule has 0 spiro atoms. The molecule has 1 aliphatic rings. The Labute approximate surface area is 103 Å². The molecule has 1 unspecified atom stereocenters. The third-order valence-electron chi connectivity index (χ3n) is 2.56. The van der Waals surface area contributed by atoms with Gasteiger partial charge in [0.05, 0.1) is 6.61 Å². The average molecular weight is 266 g/mol. The van der Waals surface area contributed by atoms with Crippen LogP contribution in [0.15, 0.2) is 0 Å². The van der Waals surface area contributed by atoms with Crippen LogP contribution in [0.3, 0.4) is 0 Å². The van der Waals surface area contributed by atoms with Gasteiger partial charge in [-0.25, -0.2) is 10.3 Å². The van der Waals surface area contributed by atoms with Crippen LogP contribution in [0.2, 0.25) is 0 Å². The zero-order valence-corrected chi connectivity index (χ0v) is 10.1. The molecule has 4 atom stereocenters. The molecular weight excluding hydrogens is 248 g/mol. The Balaban J connectivity index is 2.43. The molecule has 1 aliphatic heterocycles. The first-order valence-corrected chi connectivity index (χ1v) is 5.28. The summed E-state index contributed by atoms with van der Waals surface area (Å²) in [6.07, 6.45) is -4.15. The summed E-state index contributed by atoms with van der Waals surface area (Å²) < 4.78 is 4.88. The van der Waals surface area contributed by atoms with Crippen molar-refractivity contribution in [1.29, 1.82) is 0 Å². The number of aliphatic hydroxyl groups is 4. The number of hydrogen-bond acceptors (Lipinski definition) is 7. The molecular formula is C9H18N2O7. The number of carbonyl (C=O) groups is 1. The molecule has 18 heavy (non-hydrogen) atoms. The highest BCUT2D eigenvalue weighted by molar-refractivity contribution is 5.72. The highest BCUT2D eigenvalue weighted by Crippen LogP contribution is 2.28. The number of nitrogens with one attached hydrogen (secondary N) is 1. The summed E-state index contributed by atoms with van der Waals surface area (Å²) in [5.74, 6) is -2.22. The topological polar surface area (TPSA) is 132 Å². The van der Waals surface area contributed by atoms with Crippen LogP contribution in [0.1, 0.15) is 0 Å². The molecule has 1 heterocycles. The van der Waals surface area contributed by atoms with Crippen LogP contribution in [0.25, 0.3) is 0 Å². The van der Waals surface area contributed by atoms with Crippen LogP contribution in [0, 0.1) is 0 Å². The molecule has 1 rings (SSSR count). The third kappa shape index (κ3) is 3.07. The number of hydroxylamine groups is 1. The van der Waals surface area contributed by atoms with Gasteiger partial charge in [-0.1, -0.05) is 0 Å². The van der Waals surface area contributed by atoms with Gasteiger partial charge in [-0.15, -0.1) is 0 Å². The molecule has 0 aromatic rings. The van der Waals surface area contributed by atoms with Crippen molar-refractivity contribution in [2.45, 2.75) is 24.1 Å². The predicted molar refractivity (Wildman–Crippen MR) is 57.1 cm³/mol. The second kappa shape index (κ2) is 5.78. The molecule has 1 fully saturated rings. The Morgan fingerprint density at radius 2 is 2.11 bits per heavy atom. The molecule has 0 saturated carbocycles. The van der Waals surface area contributed by atoms with Gasteiger partial charge in [0.2, 0.25) is 5.79 Å². The largest absolute Gasteiger partial charge is 0.391 e. The van der Waals surface area contributed by atoms with E-state index in [1.165, 1.54) is 19.0 Å². The lowest BCUT2D eigenvalue weighted by atomic mass is 10.1. The minimum atomic E-state index is -2.22. The van der Waals surface area contributed by atoms with Gasteiger partial charge in [0.15, 0.2) is 0 Å². The first kappa shape index (κ1) is 15.1. The van der Waals surface area contributed by atoms with E-state index in [0.717, 1.165) is 0 Å². The van der Waals surface area contributed by atoms with Gasteiger partial charge in [0.25, 0.3) is 0 Å². The maximum absolute atomic E-state index is 11.1. The van der Waals surface area contributed by atoms with Gasteiger partial charge in [0, 0.05) is 14.1 Å². The molecule has 106 valence electrons. The van der Waals surface area contributed by atoms with E-state index in [2.05, 4.69) is 5.48 Å². The lowest BCUT2D eigenvalue weighted by molar-refractivity contribution is -0.250. The number of aliphatic hydroxyl groups excluding tert-OH is 3. The molecule has 0 bridgehead atoms. The summed E-state index contributed by atoms with van der Waals surface area (Å²) in [7, 11) is 3.02. The Morgan fingerprint density at radius 1 is 1.50 bits per heavy atom. The lowest BCUT2D eigenvalue weighted by Gasteiger charge is -2.22. The van der Waals surface area contributed by atoms with Crippen molar-refractivity contribution >= 4 is 6.03 Å². The minimum absolute atomic E-state index is 0.292. The number of amides is 2. The fourth-order valence-electron chi connectivity index (χ4n) is 1.41. The summed E-state index contributed by atoms with van der Waals surface area (Å²) in [4.78, 5) is 17.1. The van der Waals surface area contributed by atoms with Crippen molar-refractivity contribution < 1.29 is 34.8 Å². The van der Waals surface area contributed by atoms with Gasteiger partial charge in [-0.3, -0.25) is 4.84 Å². The first-order valence-electron chi connectivity index (χ1n) is 5.28. The highest BCUT2D eigenvalue weighted by Gasteiger charge is 2.53. The summed E-state index contributed by atoms with van der Waals surface area (Å²) in [5.41, 5.74) is 2.06. The van der Waals surface area contributed by atoms with Crippen molar-refractivity contribution in [1.82, 2.24) is 10.4 Å². The van der Waals surface area contributed by atoms with Crippen molar-refractivity contribution in [3.05, 3.63) is 0 Å². The number of nitrogens with zero attached hydrogens (tertiary/aromatic N) is 1. The van der Waals surface area contributed by atoms with E-state index in [9.17, 15) is 20.1 Å². The summed E-state index contributed by atoms with van der Waals surface area (Å²) in [6.45, 7) is -1.16. The van der Waals surface area contributed by atoms with Crippen LogP contribution in [-0.4, -0.2) is 82.8 Å². The molecule has 5 N–H and O–H groups in total. The molecule has 1 saturated heterocycles. The summed E-state index contributed by atoms with van der Waals surface area (Å²) >= 11 is 0. The summed E-state index contributed by atoms with van der Waals surface area (Å²) in [5, 5.41) is 37.4. The van der Waals surface area contributed by atoms with E-state index in [1.807, 2.05) is 0 Å². The van der Waals surface area contributed by atoms with Crippen LogP contribution >= 0.6 is 0 Å². The fourth-order valence-corrected chi connectivity index (χ4v) is 1.41. The maximum Gasteiger partial charge on any atom is 0.340 e. The number of carbonyl (C=O) groups excluding carboxylic acids is 1.